The summed E-state index contributed by atoms with van der Waals surface area (Å²) in [5.41, 5.74) is 7.97. The van der Waals surface area contributed by atoms with Crippen LogP contribution in [0.3, 0.4) is 0 Å². The molecule has 20 heavy (non-hydrogen) atoms. The Hall–Kier alpha value is -1.21. The SMILES string of the molecule is C=CCN(CCO)S(=O)(=O)c1cc(CN)cc(C)c1C. The molecule has 1 aromatic rings. The first-order chi connectivity index (χ1) is 9.38. The number of benzene rings is 1. The predicted molar refractivity (Wildman–Crippen MR) is 79.8 cm³/mol. The molecule has 0 fully saturated rings. The molecule has 0 bridgehead atoms. The molecule has 0 amide bonds. The van der Waals surface area contributed by atoms with Crippen molar-refractivity contribution >= 4 is 10.0 Å². The van der Waals surface area contributed by atoms with Crippen molar-refractivity contribution in [1.29, 1.82) is 0 Å². The summed E-state index contributed by atoms with van der Waals surface area (Å²) >= 11 is 0. The summed E-state index contributed by atoms with van der Waals surface area (Å²) in [6.07, 6.45) is 1.50. The monoisotopic (exact) mass is 298 g/mol. The van der Waals surface area contributed by atoms with Gasteiger partial charge in [-0.2, -0.15) is 4.31 Å². The van der Waals surface area contributed by atoms with E-state index < -0.39 is 10.0 Å². The molecule has 3 N–H and O–H groups in total. The average Bonchev–Trinajstić information content (AvgIpc) is 2.41. The smallest absolute Gasteiger partial charge is 0.243 e. The Labute approximate surface area is 120 Å². The highest BCUT2D eigenvalue weighted by molar-refractivity contribution is 7.89. The first-order valence-corrected chi connectivity index (χ1v) is 7.84. The summed E-state index contributed by atoms with van der Waals surface area (Å²) in [5.74, 6) is 0. The zero-order valence-electron chi connectivity index (χ0n) is 12.0. The maximum absolute atomic E-state index is 12.7. The zero-order chi connectivity index (χ0) is 15.3. The highest BCUT2D eigenvalue weighted by atomic mass is 32.2. The van der Waals surface area contributed by atoms with Gasteiger partial charge in [-0.1, -0.05) is 12.1 Å². The van der Waals surface area contributed by atoms with E-state index in [0.717, 1.165) is 11.1 Å². The first-order valence-electron chi connectivity index (χ1n) is 6.40. The zero-order valence-corrected chi connectivity index (χ0v) is 12.8. The molecular weight excluding hydrogens is 276 g/mol. The van der Waals surface area contributed by atoms with Gasteiger partial charge < -0.3 is 10.8 Å². The van der Waals surface area contributed by atoms with Crippen molar-refractivity contribution in [3.8, 4) is 0 Å². The molecule has 0 aliphatic rings. The number of rotatable bonds is 7. The summed E-state index contributed by atoms with van der Waals surface area (Å²) < 4.78 is 26.6. The van der Waals surface area contributed by atoms with Gasteiger partial charge in [0, 0.05) is 19.6 Å². The third-order valence-corrected chi connectivity index (χ3v) is 5.21. The van der Waals surface area contributed by atoms with Gasteiger partial charge in [-0.05, 0) is 36.6 Å². The van der Waals surface area contributed by atoms with E-state index in [9.17, 15) is 8.42 Å². The fourth-order valence-corrected chi connectivity index (χ4v) is 3.74. The molecule has 112 valence electrons. The van der Waals surface area contributed by atoms with Gasteiger partial charge in [-0.3, -0.25) is 0 Å². The number of aryl methyl sites for hydroxylation is 1. The van der Waals surface area contributed by atoms with E-state index in [2.05, 4.69) is 6.58 Å². The van der Waals surface area contributed by atoms with Gasteiger partial charge in [0.15, 0.2) is 0 Å². The Kier molecular flexibility index (Phi) is 5.88. The number of hydrogen-bond acceptors (Lipinski definition) is 4. The Morgan fingerprint density at radius 1 is 1.40 bits per heavy atom. The van der Waals surface area contributed by atoms with Gasteiger partial charge >= 0.3 is 0 Å². The number of sulfonamides is 1. The largest absolute Gasteiger partial charge is 0.395 e. The second-order valence-electron chi connectivity index (χ2n) is 4.62. The highest BCUT2D eigenvalue weighted by Crippen LogP contribution is 2.24. The summed E-state index contributed by atoms with van der Waals surface area (Å²) in [5, 5.41) is 9.04. The van der Waals surface area contributed by atoms with Crippen molar-refractivity contribution in [3.63, 3.8) is 0 Å². The second-order valence-corrected chi connectivity index (χ2v) is 6.52. The van der Waals surface area contributed by atoms with Crippen LogP contribution in [0, 0.1) is 13.8 Å². The van der Waals surface area contributed by atoms with Gasteiger partial charge in [0.2, 0.25) is 10.0 Å². The fraction of sp³-hybridized carbons (Fsp3) is 0.429. The van der Waals surface area contributed by atoms with Gasteiger partial charge in [-0.15, -0.1) is 6.58 Å². The standard InChI is InChI=1S/C14H22N2O3S/c1-4-5-16(6-7-17)20(18,19)14-9-13(10-15)8-11(2)12(14)3/h4,8-9,17H,1,5-7,10,15H2,2-3H3. The van der Waals surface area contributed by atoms with Gasteiger partial charge in [0.25, 0.3) is 0 Å². The molecule has 0 aromatic heterocycles. The van der Waals surface area contributed by atoms with E-state index >= 15 is 0 Å². The predicted octanol–water partition coefficient (Wildman–Crippen LogP) is 0.931. The van der Waals surface area contributed by atoms with Crippen LogP contribution in [0.25, 0.3) is 0 Å². The Morgan fingerprint density at radius 2 is 2.05 bits per heavy atom. The maximum Gasteiger partial charge on any atom is 0.243 e. The van der Waals surface area contributed by atoms with Crippen LogP contribution in [0.4, 0.5) is 0 Å². The van der Waals surface area contributed by atoms with Crippen molar-refractivity contribution in [1.82, 2.24) is 4.31 Å². The highest BCUT2D eigenvalue weighted by Gasteiger charge is 2.25. The quantitative estimate of drug-likeness (QED) is 0.734. The molecule has 0 saturated carbocycles. The molecule has 0 saturated heterocycles. The van der Waals surface area contributed by atoms with Crippen LogP contribution in [-0.4, -0.2) is 37.5 Å². The fourth-order valence-electron chi connectivity index (χ4n) is 1.99. The van der Waals surface area contributed by atoms with E-state index in [0.29, 0.717) is 5.56 Å². The second kappa shape index (κ2) is 6.99. The minimum absolute atomic E-state index is 0.0414. The maximum atomic E-state index is 12.7. The van der Waals surface area contributed by atoms with E-state index in [1.54, 1.807) is 13.0 Å². The minimum Gasteiger partial charge on any atom is -0.395 e. The minimum atomic E-state index is -3.66. The summed E-state index contributed by atoms with van der Waals surface area (Å²) in [6, 6.07) is 3.49. The Balaban J connectivity index is 3.39. The molecule has 5 nitrogen and oxygen atoms in total. The van der Waals surface area contributed by atoms with Crippen molar-refractivity contribution < 1.29 is 13.5 Å². The van der Waals surface area contributed by atoms with Crippen LogP contribution in [-0.2, 0) is 16.6 Å². The normalized spacial score (nSPS) is 11.8. The lowest BCUT2D eigenvalue weighted by atomic mass is 10.1. The molecule has 0 aliphatic carbocycles. The van der Waals surface area contributed by atoms with Crippen LogP contribution in [0.15, 0.2) is 29.7 Å². The van der Waals surface area contributed by atoms with Crippen molar-refractivity contribution in [2.24, 2.45) is 5.73 Å². The molecular formula is C14H22N2O3S. The van der Waals surface area contributed by atoms with E-state index in [1.807, 2.05) is 13.0 Å². The number of aliphatic hydroxyl groups excluding tert-OH is 1. The molecule has 0 spiro atoms. The lowest BCUT2D eigenvalue weighted by molar-refractivity contribution is 0.260. The lowest BCUT2D eigenvalue weighted by Gasteiger charge is -2.22. The van der Waals surface area contributed by atoms with E-state index in [4.69, 9.17) is 10.8 Å². The van der Waals surface area contributed by atoms with Gasteiger partial charge in [-0.25, -0.2) is 8.42 Å². The number of hydrogen-bond donors (Lipinski definition) is 2. The van der Waals surface area contributed by atoms with E-state index in [-0.39, 0.29) is 31.1 Å². The summed E-state index contributed by atoms with van der Waals surface area (Å²) in [7, 11) is -3.66. The molecule has 0 atom stereocenters. The van der Waals surface area contributed by atoms with Crippen molar-refractivity contribution in [2.75, 3.05) is 19.7 Å². The lowest BCUT2D eigenvalue weighted by Crippen LogP contribution is -2.34. The van der Waals surface area contributed by atoms with Gasteiger partial charge in [0.1, 0.15) is 0 Å². The molecule has 0 unspecified atom stereocenters. The molecule has 0 radical (unpaired) electrons. The van der Waals surface area contributed by atoms with Gasteiger partial charge in [0.05, 0.1) is 11.5 Å². The number of nitrogens with two attached hydrogens (primary N) is 1. The number of aliphatic hydroxyl groups is 1. The summed E-state index contributed by atoms with van der Waals surface area (Å²) in [6.45, 7) is 7.44. The topological polar surface area (TPSA) is 83.6 Å². The molecule has 0 aliphatic heterocycles. The summed E-state index contributed by atoms with van der Waals surface area (Å²) in [4.78, 5) is 0.244. The van der Waals surface area contributed by atoms with E-state index in [1.165, 1.54) is 10.4 Å². The van der Waals surface area contributed by atoms with Crippen LogP contribution in [0.2, 0.25) is 0 Å². The Morgan fingerprint density at radius 3 is 2.55 bits per heavy atom. The average molecular weight is 298 g/mol. The molecule has 0 heterocycles. The van der Waals surface area contributed by atoms with Crippen LogP contribution in [0.1, 0.15) is 16.7 Å². The van der Waals surface area contributed by atoms with Crippen LogP contribution in [0.5, 0.6) is 0 Å². The third-order valence-electron chi connectivity index (χ3n) is 3.22. The van der Waals surface area contributed by atoms with Crippen molar-refractivity contribution in [3.05, 3.63) is 41.5 Å². The molecule has 1 rings (SSSR count). The molecule has 1 aromatic carbocycles. The first kappa shape index (κ1) is 16.8. The Bertz CT molecular complexity index is 582. The third kappa shape index (κ3) is 3.46. The van der Waals surface area contributed by atoms with Crippen LogP contribution >= 0.6 is 0 Å². The van der Waals surface area contributed by atoms with Crippen LogP contribution < -0.4 is 5.73 Å². The number of nitrogens with zero attached hydrogens (tertiary/aromatic N) is 1. The molecule has 6 heteroatoms. The van der Waals surface area contributed by atoms with Crippen molar-refractivity contribution in [2.45, 2.75) is 25.3 Å².